The average molecular weight is 423 g/mol. The molecule has 1 amide bonds. The van der Waals surface area contributed by atoms with E-state index >= 15 is 0 Å². The average Bonchev–Trinajstić information content (AvgIpc) is 2.75. The van der Waals surface area contributed by atoms with E-state index in [2.05, 4.69) is 5.32 Å². The highest BCUT2D eigenvalue weighted by molar-refractivity contribution is 7.92. The molecule has 1 N–H and O–H groups in total. The van der Waals surface area contributed by atoms with E-state index in [0.717, 1.165) is 12.0 Å². The Hall–Kier alpha value is -3.39. The molecule has 4 rings (SSSR count). The van der Waals surface area contributed by atoms with E-state index in [4.69, 9.17) is 0 Å². The smallest absolute Gasteiger partial charge is 0.264 e. The maximum Gasteiger partial charge on any atom is 0.264 e. The predicted molar refractivity (Wildman–Crippen MR) is 115 cm³/mol. The molecule has 0 radical (unpaired) electrons. The molecular weight excluding hydrogens is 402 g/mol. The highest BCUT2D eigenvalue weighted by Crippen LogP contribution is 2.34. The lowest BCUT2D eigenvalue weighted by molar-refractivity contribution is 0.102. The van der Waals surface area contributed by atoms with Crippen LogP contribution in [-0.4, -0.2) is 25.4 Å². The lowest BCUT2D eigenvalue weighted by Gasteiger charge is -2.31. The number of carbonyl (C=O) groups excluding carboxylic acids is 1. The molecule has 0 unspecified atom stereocenters. The lowest BCUT2D eigenvalue weighted by atomic mass is 10.0. The number of sulfonamides is 1. The molecule has 2 heterocycles. The van der Waals surface area contributed by atoms with Gasteiger partial charge in [0.05, 0.1) is 10.6 Å². The van der Waals surface area contributed by atoms with Gasteiger partial charge in [0.1, 0.15) is 5.56 Å². The van der Waals surface area contributed by atoms with Gasteiger partial charge in [-0.15, -0.1) is 0 Å². The van der Waals surface area contributed by atoms with Crippen LogP contribution in [0, 0.1) is 0 Å². The first-order valence-corrected chi connectivity index (χ1v) is 11.0. The number of nitrogens with one attached hydrogen (secondary N) is 1. The van der Waals surface area contributed by atoms with Crippen LogP contribution < -0.4 is 15.2 Å². The molecule has 1 aromatic heterocycles. The van der Waals surface area contributed by atoms with Gasteiger partial charge >= 0.3 is 0 Å². The summed E-state index contributed by atoms with van der Waals surface area (Å²) in [5.74, 6) is -0.538. The Bertz CT molecular complexity index is 1270. The topological polar surface area (TPSA) is 88.5 Å². The zero-order chi connectivity index (χ0) is 21.3. The third-order valence-electron chi connectivity index (χ3n) is 5.12. The number of aromatic nitrogens is 1. The second kappa shape index (κ2) is 7.79. The third kappa shape index (κ3) is 3.61. The first-order chi connectivity index (χ1) is 14.4. The van der Waals surface area contributed by atoms with Crippen molar-refractivity contribution in [3.8, 4) is 0 Å². The fourth-order valence-electron chi connectivity index (χ4n) is 3.56. The van der Waals surface area contributed by atoms with Gasteiger partial charge in [0.25, 0.3) is 21.5 Å². The first-order valence-electron chi connectivity index (χ1n) is 9.55. The van der Waals surface area contributed by atoms with Gasteiger partial charge in [-0.05, 0) is 54.8 Å². The molecule has 3 aromatic rings. The van der Waals surface area contributed by atoms with E-state index < -0.39 is 21.5 Å². The maximum absolute atomic E-state index is 13.2. The van der Waals surface area contributed by atoms with Crippen molar-refractivity contribution < 1.29 is 13.2 Å². The summed E-state index contributed by atoms with van der Waals surface area (Å²) < 4.78 is 29.1. The molecule has 1 aliphatic rings. The van der Waals surface area contributed by atoms with Crippen molar-refractivity contribution in [3.63, 3.8) is 0 Å². The summed E-state index contributed by atoms with van der Waals surface area (Å²) in [7, 11) is -2.14. The number of nitrogens with zero attached hydrogens (tertiary/aromatic N) is 2. The summed E-state index contributed by atoms with van der Waals surface area (Å²) in [6.45, 7) is 0.362. The number of hydrogen-bond acceptors (Lipinski definition) is 4. The van der Waals surface area contributed by atoms with E-state index in [0.29, 0.717) is 24.3 Å². The molecule has 0 aliphatic carbocycles. The molecule has 8 heteroatoms. The van der Waals surface area contributed by atoms with Gasteiger partial charge in [0.15, 0.2) is 0 Å². The Labute approximate surface area is 174 Å². The predicted octanol–water partition coefficient (Wildman–Crippen LogP) is 2.78. The number of pyridine rings is 1. The first kappa shape index (κ1) is 19.9. The Morgan fingerprint density at radius 1 is 1.03 bits per heavy atom. The summed E-state index contributed by atoms with van der Waals surface area (Å²) in [6, 6.07) is 16.6. The zero-order valence-electron chi connectivity index (χ0n) is 16.4. The Balaban J connectivity index is 1.68. The monoisotopic (exact) mass is 423 g/mol. The molecule has 7 nitrogen and oxygen atoms in total. The molecule has 2 aromatic carbocycles. The number of fused-ring (bicyclic) bond motifs is 1. The van der Waals surface area contributed by atoms with Gasteiger partial charge in [-0.2, -0.15) is 0 Å². The number of amides is 1. The summed E-state index contributed by atoms with van der Waals surface area (Å²) in [5.41, 5.74) is 1.49. The SMILES string of the molecule is Cn1cccc(C(=O)Nc2ccc3c(c2)N(S(=O)(=O)c2ccccc2)CCC3)c1=O. The van der Waals surface area contributed by atoms with Gasteiger partial charge in [-0.1, -0.05) is 24.3 Å². The van der Waals surface area contributed by atoms with Crippen molar-refractivity contribution in [2.75, 3.05) is 16.2 Å². The van der Waals surface area contributed by atoms with Crippen molar-refractivity contribution in [2.24, 2.45) is 7.05 Å². The second-order valence-electron chi connectivity index (χ2n) is 7.13. The van der Waals surface area contributed by atoms with Gasteiger partial charge < -0.3 is 9.88 Å². The van der Waals surface area contributed by atoms with Crippen LogP contribution in [-0.2, 0) is 23.5 Å². The number of rotatable bonds is 4. The quantitative estimate of drug-likeness (QED) is 0.699. The molecule has 154 valence electrons. The highest BCUT2D eigenvalue weighted by atomic mass is 32.2. The van der Waals surface area contributed by atoms with Gasteiger partial charge in [0.2, 0.25) is 0 Å². The number of benzene rings is 2. The van der Waals surface area contributed by atoms with Crippen LogP contribution in [0.5, 0.6) is 0 Å². The van der Waals surface area contributed by atoms with Crippen molar-refractivity contribution in [1.82, 2.24) is 4.57 Å². The van der Waals surface area contributed by atoms with Gasteiger partial charge in [0, 0.05) is 25.5 Å². The lowest BCUT2D eigenvalue weighted by Crippen LogP contribution is -2.35. The van der Waals surface area contributed by atoms with Crippen LogP contribution in [0.4, 0.5) is 11.4 Å². The molecule has 1 aliphatic heterocycles. The highest BCUT2D eigenvalue weighted by Gasteiger charge is 2.29. The molecule has 0 bridgehead atoms. The maximum atomic E-state index is 13.2. The Kier molecular flexibility index (Phi) is 5.17. The van der Waals surface area contributed by atoms with E-state index in [-0.39, 0.29) is 10.5 Å². The molecule has 30 heavy (non-hydrogen) atoms. The number of carbonyl (C=O) groups is 1. The molecule has 0 atom stereocenters. The van der Waals surface area contributed by atoms with Crippen LogP contribution in [0.25, 0.3) is 0 Å². The van der Waals surface area contributed by atoms with Crippen molar-refractivity contribution >= 4 is 27.3 Å². The normalized spacial score (nSPS) is 13.6. The number of anilines is 2. The summed E-state index contributed by atoms with van der Waals surface area (Å²) in [6.07, 6.45) is 3.04. The molecule has 0 fully saturated rings. The minimum Gasteiger partial charge on any atom is -0.322 e. The fraction of sp³-hybridized carbons (Fsp3) is 0.182. The number of hydrogen-bond donors (Lipinski definition) is 1. The number of aryl methyl sites for hydroxylation is 2. The van der Waals surface area contributed by atoms with E-state index in [1.165, 1.54) is 14.9 Å². The van der Waals surface area contributed by atoms with Gasteiger partial charge in [-0.3, -0.25) is 13.9 Å². The van der Waals surface area contributed by atoms with Crippen LogP contribution in [0.1, 0.15) is 22.3 Å². The van der Waals surface area contributed by atoms with E-state index in [1.54, 1.807) is 61.8 Å². The molecular formula is C22H21N3O4S. The van der Waals surface area contributed by atoms with Crippen LogP contribution in [0.15, 0.2) is 76.6 Å². The van der Waals surface area contributed by atoms with Crippen LogP contribution in [0.2, 0.25) is 0 Å². The van der Waals surface area contributed by atoms with E-state index in [9.17, 15) is 18.0 Å². The van der Waals surface area contributed by atoms with Crippen molar-refractivity contribution in [1.29, 1.82) is 0 Å². The standard InChI is InChI=1S/C22H21N3O4S/c1-24-13-6-10-19(22(24)27)21(26)23-17-12-11-16-7-5-14-25(20(16)15-17)30(28,29)18-8-3-2-4-9-18/h2-4,6,8-13,15H,5,7,14H2,1H3,(H,23,26). The Morgan fingerprint density at radius 2 is 1.80 bits per heavy atom. The summed E-state index contributed by atoms with van der Waals surface area (Å²) >= 11 is 0. The molecule has 0 spiro atoms. The minimum absolute atomic E-state index is 0.0199. The molecule has 0 saturated carbocycles. The molecule has 0 saturated heterocycles. The fourth-order valence-corrected chi connectivity index (χ4v) is 5.11. The largest absolute Gasteiger partial charge is 0.322 e. The minimum atomic E-state index is -3.72. The van der Waals surface area contributed by atoms with Gasteiger partial charge in [-0.25, -0.2) is 8.42 Å². The second-order valence-corrected chi connectivity index (χ2v) is 8.99. The van der Waals surface area contributed by atoms with E-state index in [1.807, 2.05) is 6.07 Å². The Morgan fingerprint density at radius 3 is 2.57 bits per heavy atom. The summed E-state index contributed by atoms with van der Waals surface area (Å²) in [5, 5.41) is 2.71. The van der Waals surface area contributed by atoms with Crippen molar-refractivity contribution in [2.45, 2.75) is 17.7 Å². The summed E-state index contributed by atoms with van der Waals surface area (Å²) in [4.78, 5) is 25.0. The zero-order valence-corrected chi connectivity index (χ0v) is 17.2. The third-order valence-corrected chi connectivity index (χ3v) is 6.95. The van der Waals surface area contributed by atoms with Crippen LogP contribution >= 0.6 is 0 Å². The van der Waals surface area contributed by atoms with Crippen molar-refractivity contribution in [3.05, 3.63) is 88.3 Å². The van der Waals surface area contributed by atoms with Crippen LogP contribution in [0.3, 0.4) is 0 Å².